The number of carbonyl (C=O) groups excluding carboxylic acids is 1. The molecule has 1 aliphatic rings. The van der Waals surface area contributed by atoms with Crippen molar-refractivity contribution >= 4 is 21.8 Å². The summed E-state index contributed by atoms with van der Waals surface area (Å²) in [5.41, 5.74) is 0.771. The van der Waals surface area contributed by atoms with Crippen molar-refractivity contribution in [3.8, 4) is 0 Å². The van der Waals surface area contributed by atoms with E-state index in [0.717, 1.165) is 36.2 Å². The molecule has 1 N–H and O–H groups in total. The van der Waals surface area contributed by atoms with Gasteiger partial charge in [-0.1, -0.05) is 6.92 Å². The van der Waals surface area contributed by atoms with E-state index in [9.17, 15) is 4.79 Å². The lowest BCUT2D eigenvalue weighted by Crippen LogP contribution is -2.57. The lowest BCUT2D eigenvalue weighted by atomic mass is 10.1. The molecular formula is C12H18BrN3O. The molecule has 5 heteroatoms. The van der Waals surface area contributed by atoms with Crippen molar-refractivity contribution in [1.29, 1.82) is 0 Å². The van der Waals surface area contributed by atoms with Gasteiger partial charge >= 0.3 is 0 Å². The zero-order valence-electron chi connectivity index (χ0n) is 10.2. The molecule has 94 valence electrons. The molecule has 0 aromatic carbocycles. The van der Waals surface area contributed by atoms with Crippen molar-refractivity contribution in [2.75, 3.05) is 20.1 Å². The number of likely N-dealkylation sites (N-methyl/N-ethyl adjacent to an activating group) is 1. The number of rotatable bonds is 4. The van der Waals surface area contributed by atoms with Crippen LogP contribution in [0.25, 0.3) is 0 Å². The fourth-order valence-corrected chi connectivity index (χ4v) is 2.44. The van der Waals surface area contributed by atoms with Gasteiger partial charge in [0.05, 0.1) is 6.04 Å². The van der Waals surface area contributed by atoms with Crippen LogP contribution >= 0.6 is 15.9 Å². The second kappa shape index (κ2) is 5.23. The van der Waals surface area contributed by atoms with Gasteiger partial charge in [-0.05, 0) is 28.4 Å². The SMILES string of the molecule is CCCn1cc(Br)cc1C(=O)N(C)C1CNC1. The number of aryl methyl sites for hydroxylation is 1. The van der Waals surface area contributed by atoms with Crippen molar-refractivity contribution in [2.45, 2.75) is 25.9 Å². The maximum Gasteiger partial charge on any atom is 0.270 e. The van der Waals surface area contributed by atoms with Gasteiger partial charge in [-0.25, -0.2) is 0 Å². The molecule has 0 radical (unpaired) electrons. The first kappa shape index (κ1) is 12.6. The van der Waals surface area contributed by atoms with Gasteiger partial charge in [0, 0.05) is 37.4 Å². The molecule has 0 bridgehead atoms. The van der Waals surface area contributed by atoms with Crippen molar-refractivity contribution < 1.29 is 4.79 Å². The number of nitrogens with zero attached hydrogens (tertiary/aromatic N) is 2. The summed E-state index contributed by atoms with van der Waals surface area (Å²) in [5.74, 6) is 0.107. The predicted molar refractivity (Wildman–Crippen MR) is 71.2 cm³/mol. The monoisotopic (exact) mass is 299 g/mol. The topological polar surface area (TPSA) is 37.3 Å². The predicted octanol–water partition coefficient (Wildman–Crippen LogP) is 1.70. The van der Waals surface area contributed by atoms with Gasteiger partial charge < -0.3 is 14.8 Å². The lowest BCUT2D eigenvalue weighted by molar-refractivity contribution is 0.0670. The minimum absolute atomic E-state index is 0.107. The fraction of sp³-hybridized carbons (Fsp3) is 0.583. The molecule has 1 fully saturated rings. The summed E-state index contributed by atoms with van der Waals surface area (Å²) in [4.78, 5) is 14.2. The van der Waals surface area contributed by atoms with Crippen molar-refractivity contribution in [3.63, 3.8) is 0 Å². The van der Waals surface area contributed by atoms with Crippen molar-refractivity contribution in [1.82, 2.24) is 14.8 Å². The fourth-order valence-electron chi connectivity index (χ4n) is 1.97. The molecule has 1 aromatic heterocycles. The van der Waals surface area contributed by atoms with Crippen LogP contribution in [0.5, 0.6) is 0 Å². The Hall–Kier alpha value is -0.810. The van der Waals surface area contributed by atoms with Crippen LogP contribution in [0.4, 0.5) is 0 Å². The van der Waals surface area contributed by atoms with E-state index in [2.05, 4.69) is 28.2 Å². The number of nitrogens with one attached hydrogen (secondary N) is 1. The van der Waals surface area contributed by atoms with E-state index < -0.39 is 0 Å². The largest absolute Gasteiger partial charge is 0.342 e. The first-order chi connectivity index (χ1) is 8.13. The Bertz CT molecular complexity index is 412. The van der Waals surface area contributed by atoms with Crippen LogP contribution in [0.1, 0.15) is 23.8 Å². The van der Waals surface area contributed by atoms with E-state index in [0.29, 0.717) is 6.04 Å². The molecule has 1 aliphatic heterocycles. The van der Waals surface area contributed by atoms with Gasteiger partial charge in [-0.15, -0.1) is 0 Å². The van der Waals surface area contributed by atoms with Crippen LogP contribution in [-0.4, -0.2) is 41.6 Å². The summed E-state index contributed by atoms with van der Waals surface area (Å²) in [6.07, 6.45) is 3.00. The van der Waals surface area contributed by atoms with Crippen LogP contribution < -0.4 is 5.32 Å². The zero-order chi connectivity index (χ0) is 12.4. The molecule has 1 amide bonds. The summed E-state index contributed by atoms with van der Waals surface area (Å²) in [7, 11) is 1.88. The molecule has 0 saturated carbocycles. The smallest absolute Gasteiger partial charge is 0.270 e. The lowest BCUT2D eigenvalue weighted by Gasteiger charge is -2.35. The van der Waals surface area contributed by atoms with Crippen LogP contribution in [0.3, 0.4) is 0 Å². The zero-order valence-corrected chi connectivity index (χ0v) is 11.8. The summed E-state index contributed by atoms with van der Waals surface area (Å²) in [6.45, 7) is 4.79. The first-order valence-electron chi connectivity index (χ1n) is 5.97. The Balaban J connectivity index is 2.16. The summed E-state index contributed by atoms with van der Waals surface area (Å²) < 4.78 is 2.99. The number of hydrogen-bond donors (Lipinski definition) is 1. The van der Waals surface area contributed by atoms with Crippen molar-refractivity contribution in [2.24, 2.45) is 0 Å². The highest BCUT2D eigenvalue weighted by Crippen LogP contribution is 2.18. The second-order valence-electron chi connectivity index (χ2n) is 4.47. The molecule has 0 spiro atoms. The molecule has 0 aliphatic carbocycles. The van der Waals surface area contributed by atoms with Crippen LogP contribution in [0.2, 0.25) is 0 Å². The van der Waals surface area contributed by atoms with Gasteiger partial charge in [0.15, 0.2) is 0 Å². The number of aromatic nitrogens is 1. The Morgan fingerprint density at radius 1 is 1.65 bits per heavy atom. The second-order valence-corrected chi connectivity index (χ2v) is 5.38. The number of halogens is 1. The molecule has 2 rings (SSSR count). The first-order valence-corrected chi connectivity index (χ1v) is 6.76. The van der Waals surface area contributed by atoms with Gasteiger partial charge in [0.25, 0.3) is 5.91 Å². The Kier molecular flexibility index (Phi) is 3.89. The third-order valence-corrected chi connectivity index (χ3v) is 3.61. The highest BCUT2D eigenvalue weighted by atomic mass is 79.9. The van der Waals surface area contributed by atoms with E-state index in [1.807, 2.05) is 28.8 Å². The van der Waals surface area contributed by atoms with E-state index in [1.165, 1.54) is 0 Å². The molecule has 1 saturated heterocycles. The summed E-state index contributed by atoms with van der Waals surface area (Å²) >= 11 is 3.43. The minimum atomic E-state index is 0.107. The van der Waals surface area contributed by atoms with Crippen LogP contribution in [0, 0.1) is 0 Å². The van der Waals surface area contributed by atoms with Gasteiger partial charge in [-0.3, -0.25) is 4.79 Å². The number of hydrogen-bond acceptors (Lipinski definition) is 2. The number of amides is 1. The van der Waals surface area contributed by atoms with E-state index in [4.69, 9.17) is 0 Å². The minimum Gasteiger partial charge on any atom is -0.342 e. The van der Waals surface area contributed by atoms with Crippen LogP contribution in [-0.2, 0) is 6.54 Å². The van der Waals surface area contributed by atoms with Gasteiger partial charge in [-0.2, -0.15) is 0 Å². The third-order valence-electron chi connectivity index (χ3n) is 3.17. The Morgan fingerprint density at radius 3 is 2.88 bits per heavy atom. The molecule has 0 atom stereocenters. The highest BCUT2D eigenvalue weighted by Gasteiger charge is 2.27. The standard InChI is InChI=1S/C12H18BrN3O/c1-3-4-16-8-9(13)5-11(16)12(17)15(2)10-6-14-7-10/h5,8,10,14H,3-4,6-7H2,1-2H3. The molecule has 1 aromatic rings. The normalized spacial score (nSPS) is 15.7. The molecule has 4 nitrogen and oxygen atoms in total. The molecule has 17 heavy (non-hydrogen) atoms. The maximum absolute atomic E-state index is 12.3. The Morgan fingerprint density at radius 2 is 2.35 bits per heavy atom. The molecule has 0 unspecified atom stereocenters. The summed E-state index contributed by atoms with van der Waals surface area (Å²) in [5, 5.41) is 3.18. The Labute approximate surface area is 110 Å². The third kappa shape index (κ3) is 2.55. The molecule has 2 heterocycles. The van der Waals surface area contributed by atoms with Gasteiger partial charge in [0.2, 0.25) is 0 Å². The maximum atomic E-state index is 12.3. The number of carbonyl (C=O) groups is 1. The van der Waals surface area contributed by atoms with Gasteiger partial charge in [0.1, 0.15) is 5.69 Å². The average Bonchev–Trinajstić information content (AvgIpc) is 2.56. The van der Waals surface area contributed by atoms with Crippen LogP contribution in [0.15, 0.2) is 16.7 Å². The van der Waals surface area contributed by atoms with E-state index in [1.54, 1.807) is 0 Å². The average molecular weight is 300 g/mol. The molecular weight excluding hydrogens is 282 g/mol. The summed E-state index contributed by atoms with van der Waals surface area (Å²) in [6, 6.07) is 2.24. The van der Waals surface area contributed by atoms with E-state index >= 15 is 0 Å². The van der Waals surface area contributed by atoms with E-state index in [-0.39, 0.29) is 5.91 Å². The quantitative estimate of drug-likeness (QED) is 0.919. The van der Waals surface area contributed by atoms with Crippen molar-refractivity contribution in [3.05, 3.63) is 22.4 Å². The highest BCUT2D eigenvalue weighted by molar-refractivity contribution is 9.10.